The number of rotatable bonds is 0. The maximum absolute atomic E-state index is 4.14. The molecule has 0 amide bonds. The smallest absolute Gasteiger partial charge is 0.0923 e. The van der Waals surface area contributed by atoms with Gasteiger partial charge in [-0.25, -0.2) is 0 Å². The number of allylic oxidation sites excluding steroid dienone is 2. The van der Waals surface area contributed by atoms with Crippen LogP contribution in [0.5, 0.6) is 0 Å². The highest BCUT2D eigenvalue weighted by molar-refractivity contribution is 8.01. The molecule has 38 valence electrons. The van der Waals surface area contributed by atoms with Crippen LogP contribution in [-0.4, -0.2) is 4.08 Å². The van der Waals surface area contributed by atoms with Gasteiger partial charge in [0.2, 0.25) is 0 Å². The fourth-order valence-electron chi connectivity index (χ4n) is 0.450. The van der Waals surface area contributed by atoms with Crippen LogP contribution in [-0.2, 0) is 0 Å². The quantitative estimate of drug-likeness (QED) is 0.362. The lowest BCUT2D eigenvalue weighted by Crippen LogP contribution is -1.98. The molecule has 0 aromatic heterocycles. The van der Waals surface area contributed by atoms with E-state index in [-0.39, 0.29) is 4.08 Å². The molecular formula is C5H6S2. The van der Waals surface area contributed by atoms with Crippen LogP contribution >= 0.6 is 25.3 Å². The SMILES string of the molecule is SC1(S)C=CC=C1. The third-order valence-corrected chi connectivity index (χ3v) is 1.39. The molecule has 1 aliphatic rings. The van der Waals surface area contributed by atoms with Crippen LogP contribution in [0.2, 0.25) is 0 Å². The zero-order chi connectivity index (χ0) is 5.33. The fourth-order valence-corrected chi connectivity index (χ4v) is 0.794. The summed E-state index contributed by atoms with van der Waals surface area (Å²) in [5.41, 5.74) is 0. The predicted octanol–water partition coefficient (Wildman–Crippen LogP) is 1.67. The van der Waals surface area contributed by atoms with Gasteiger partial charge in [0, 0.05) is 0 Å². The Kier molecular flexibility index (Phi) is 1.22. The Bertz CT molecular complexity index is 108. The number of hydrogen-bond donors (Lipinski definition) is 2. The summed E-state index contributed by atoms with van der Waals surface area (Å²) < 4.78 is -0.278. The van der Waals surface area contributed by atoms with Gasteiger partial charge in [0.1, 0.15) is 0 Å². The van der Waals surface area contributed by atoms with Gasteiger partial charge in [0.05, 0.1) is 4.08 Å². The van der Waals surface area contributed by atoms with Crippen molar-refractivity contribution in [3.8, 4) is 0 Å². The first-order valence-electron chi connectivity index (χ1n) is 2.02. The molecule has 1 aliphatic carbocycles. The van der Waals surface area contributed by atoms with Crippen molar-refractivity contribution in [2.45, 2.75) is 4.08 Å². The van der Waals surface area contributed by atoms with Crippen LogP contribution < -0.4 is 0 Å². The molecule has 0 bridgehead atoms. The van der Waals surface area contributed by atoms with E-state index in [2.05, 4.69) is 25.3 Å². The van der Waals surface area contributed by atoms with E-state index in [0.29, 0.717) is 0 Å². The van der Waals surface area contributed by atoms with Crippen molar-refractivity contribution >= 4 is 25.3 Å². The van der Waals surface area contributed by atoms with Gasteiger partial charge < -0.3 is 0 Å². The molecule has 7 heavy (non-hydrogen) atoms. The maximum atomic E-state index is 4.14. The molecule has 0 aromatic rings. The van der Waals surface area contributed by atoms with Crippen molar-refractivity contribution in [1.82, 2.24) is 0 Å². The molecule has 0 saturated heterocycles. The van der Waals surface area contributed by atoms with Crippen molar-refractivity contribution in [1.29, 1.82) is 0 Å². The van der Waals surface area contributed by atoms with Gasteiger partial charge in [-0.1, -0.05) is 24.3 Å². The molecule has 2 heteroatoms. The van der Waals surface area contributed by atoms with Crippen LogP contribution in [0.3, 0.4) is 0 Å². The molecule has 0 aliphatic heterocycles. The minimum absolute atomic E-state index is 0.278. The van der Waals surface area contributed by atoms with Crippen LogP contribution in [0, 0.1) is 0 Å². The summed E-state index contributed by atoms with van der Waals surface area (Å²) in [4.78, 5) is 0. The normalized spacial score (nSPS) is 23.7. The Morgan fingerprint density at radius 3 is 1.57 bits per heavy atom. The number of hydrogen-bond acceptors (Lipinski definition) is 2. The summed E-state index contributed by atoms with van der Waals surface area (Å²) in [5.74, 6) is 0. The molecule has 0 fully saturated rings. The van der Waals surface area contributed by atoms with E-state index in [1.165, 1.54) is 0 Å². The second-order valence-corrected chi connectivity index (χ2v) is 3.33. The average molecular weight is 130 g/mol. The molecule has 0 saturated carbocycles. The Morgan fingerprint density at radius 2 is 1.43 bits per heavy atom. The topological polar surface area (TPSA) is 0 Å². The monoisotopic (exact) mass is 130 g/mol. The van der Waals surface area contributed by atoms with Gasteiger partial charge >= 0.3 is 0 Å². The summed E-state index contributed by atoms with van der Waals surface area (Å²) in [6.45, 7) is 0. The molecule has 0 unspecified atom stereocenters. The van der Waals surface area contributed by atoms with Crippen molar-refractivity contribution < 1.29 is 0 Å². The first kappa shape index (κ1) is 5.32. The fraction of sp³-hybridized carbons (Fsp3) is 0.200. The van der Waals surface area contributed by atoms with Crippen LogP contribution in [0.15, 0.2) is 24.3 Å². The van der Waals surface area contributed by atoms with Crippen molar-refractivity contribution in [2.24, 2.45) is 0 Å². The molecule has 0 aromatic carbocycles. The first-order chi connectivity index (χ1) is 3.21. The highest BCUT2D eigenvalue weighted by Gasteiger charge is 2.12. The van der Waals surface area contributed by atoms with E-state index in [0.717, 1.165) is 0 Å². The van der Waals surface area contributed by atoms with E-state index in [1.54, 1.807) is 0 Å². The van der Waals surface area contributed by atoms with Gasteiger partial charge in [0.15, 0.2) is 0 Å². The highest BCUT2D eigenvalue weighted by Crippen LogP contribution is 2.26. The highest BCUT2D eigenvalue weighted by atomic mass is 32.2. The molecular weight excluding hydrogens is 124 g/mol. The van der Waals surface area contributed by atoms with E-state index >= 15 is 0 Å². The molecule has 0 radical (unpaired) electrons. The lowest BCUT2D eigenvalue weighted by molar-refractivity contribution is 1.39. The van der Waals surface area contributed by atoms with E-state index in [9.17, 15) is 0 Å². The Morgan fingerprint density at radius 1 is 1.00 bits per heavy atom. The Balaban J connectivity index is 2.77. The van der Waals surface area contributed by atoms with Gasteiger partial charge in [-0.15, -0.1) is 0 Å². The lowest BCUT2D eigenvalue weighted by atomic mass is 10.5. The van der Waals surface area contributed by atoms with E-state index < -0.39 is 0 Å². The van der Waals surface area contributed by atoms with Crippen LogP contribution in [0.4, 0.5) is 0 Å². The molecule has 1 rings (SSSR count). The third-order valence-electron chi connectivity index (χ3n) is 0.794. The minimum Gasteiger partial charge on any atom is -0.154 e. The van der Waals surface area contributed by atoms with Gasteiger partial charge in [-0.3, -0.25) is 0 Å². The lowest BCUT2D eigenvalue weighted by Gasteiger charge is -2.05. The van der Waals surface area contributed by atoms with E-state index in [4.69, 9.17) is 0 Å². The largest absolute Gasteiger partial charge is 0.154 e. The first-order valence-corrected chi connectivity index (χ1v) is 2.92. The zero-order valence-corrected chi connectivity index (χ0v) is 5.49. The van der Waals surface area contributed by atoms with Crippen molar-refractivity contribution in [3.05, 3.63) is 24.3 Å². The summed E-state index contributed by atoms with van der Waals surface area (Å²) in [7, 11) is 0. The van der Waals surface area contributed by atoms with Gasteiger partial charge in [0.25, 0.3) is 0 Å². The van der Waals surface area contributed by atoms with Crippen LogP contribution in [0.25, 0.3) is 0 Å². The molecule has 0 spiro atoms. The summed E-state index contributed by atoms with van der Waals surface area (Å²) in [6, 6.07) is 0. The molecule has 0 N–H and O–H groups in total. The predicted molar refractivity (Wildman–Crippen MR) is 39.0 cm³/mol. The van der Waals surface area contributed by atoms with Crippen LogP contribution in [0.1, 0.15) is 0 Å². The molecule has 0 nitrogen and oxygen atoms in total. The van der Waals surface area contributed by atoms with E-state index in [1.807, 2.05) is 24.3 Å². The maximum Gasteiger partial charge on any atom is 0.0923 e. The summed E-state index contributed by atoms with van der Waals surface area (Å²) in [6.07, 6.45) is 7.69. The van der Waals surface area contributed by atoms with Gasteiger partial charge in [-0.2, -0.15) is 25.3 Å². The second-order valence-electron chi connectivity index (χ2n) is 1.50. The van der Waals surface area contributed by atoms with Gasteiger partial charge in [-0.05, 0) is 0 Å². The minimum atomic E-state index is -0.278. The zero-order valence-electron chi connectivity index (χ0n) is 3.70. The molecule has 0 heterocycles. The summed E-state index contributed by atoms with van der Waals surface area (Å²) in [5, 5.41) is 0. The van der Waals surface area contributed by atoms with Crippen molar-refractivity contribution in [3.63, 3.8) is 0 Å². The summed E-state index contributed by atoms with van der Waals surface area (Å²) >= 11 is 8.28. The Hall–Kier alpha value is 0.180. The van der Waals surface area contributed by atoms with Crippen molar-refractivity contribution in [2.75, 3.05) is 0 Å². The molecule has 0 atom stereocenters. The standard InChI is InChI=1S/C5H6S2/c6-5(7)3-1-2-4-5/h1-4,6-7H. The second kappa shape index (κ2) is 1.60. The number of thiol groups is 2. The average Bonchev–Trinajstić information content (AvgIpc) is 1.84. The third kappa shape index (κ3) is 1.28. The Labute approximate surface area is 54.1 Å².